The number of anilines is 1. The van der Waals surface area contributed by atoms with Crippen molar-refractivity contribution in [1.29, 1.82) is 0 Å². The van der Waals surface area contributed by atoms with Crippen molar-refractivity contribution < 1.29 is 34.8 Å². The van der Waals surface area contributed by atoms with Crippen molar-refractivity contribution in [3.8, 4) is 5.75 Å². The lowest BCUT2D eigenvalue weighted by Crippen LogP contribution is -2.63. The summed E-state index contributed by atoms with van der Waals surface area (Å²) in [5, 5.41) is 49.0. The Morgan fingerprint density at radius 1 is 1.09 bits per heavy atom. The van der Waals surface area contributed by atoms with Crippen molar-refractivity contribution in [2.45, 2.75) is 37.5 Å². The van der Waals surface area contributed by atoms with Gasteiger partial charge in [-0.3, -0.25) is 19.3 Å². The van der Waals surface area contributed by atoms with E-state index in [1.807, 2.05) is 55.4 Å². The van der Waals surface area contributed by atoms with Gasteiger partial charge in [-0.05, 0) is 63.0 Å². The number of aliphatic hydroxyl groups excluding tert-OH is 2. The van der Waals surface area contributed by atoms with Crippen LogP contribution in [0.5, 0.6) is 5.75 Å². The van der Waals surface area contributed by atoms with E-state index in [0.717, 1.165) is 17.7 Å². The van der Waals surface area contributed by atoms with Crippen LogP contribution in [0.3, 0.4) is 0 Å². The first-order chi connectivity index (χ1) is 20.3. The second-order valence-electron chi connectivity index (χ2n) is 12.0. The van der Waals surface area contributed by atoms with E-state index in [-0.39, 0.29) is 36.3 Å². The molecule has 0 aromatic heterocycles. The lowest BCUT2D eigenvalue weighted by Gasteiger charge is -2.50. The number of likely N-dealkylation sites (N-methyl/N-ethyl adjacent to an activating group) is 1. The highest BCUT2D eigenvalue weighted by atomic mass is 16.3. The van der Waals surface area contributed by atoms with Gasteiger partial charge >= 0.3 is 0 Å². The summed E-state index contributed by atoms with van der Waals surface area (Å²) in [4.78, 5) is 43.2. The van der Waals surface area contributed by atoms with Gasteiger partial charge in [0.05, 0.1) is 11.6 Å². The number of Topliss-reactive ketones (excluding diaryl/α,β-unsaturated/α-hetero) is 2. The van der Waals surface area contributed by atoms with Crippen molar-refractivity contribution in [3.63, 3.8) is 0 Å². The smallest absolute Gasteiger partial charge is 0.255 e. The number of fused-ring (bicyclic) bond motifs is 3. The number of aromatic hydroxyl groups is 1. The number of nitrogens with zero attached hydrogens (tertiary/aromatic N) is 2. The number of hydrogen-bond acceptors (Lipinski definition) is 10. The van der Waals surface area contributed by atoms with Crippen LogP contribution in [0.1, 0.15) is 33.5 Å². The Bertz CT molecular complexity index is 1560. The summed E-state index contributed by atoms with van der Waals surface area (Å²) >= 11 is 0. The van der Waals surface area contributed by atoms with Crippen molar-refractivity contribution in [2.75, 3.05) is 39.6 Å². The summed E-state index contributed by atoms with van der Waals surface area (Å²) in [5.74, 6) is -6.59. The molecule has 0 saturated heterocycles. The van der Waals surface area contributed by atoms with E-state index in [0.29, 0.717) is 17.7 Å². The molecule has 0 radical (unpaired) electrons. The molecule has 2 aromatic rings. The van der Waals surface area contributed by atoms with E-state index in [1.165, 1.54) is 4.90 Å². The number of allylic oxidation sites excluding steroid dienone is 1. The van der Waals surface area contributed by atoms with Crippen molar-refractivity contribution in [2.24, 2.45) is 17.6 Å². The molecule has 2 aromatic carbocycles. The SMILES string of the molecule is CN(C)c1cc(CNCCc2ccccc2)c(O)c2c1C[C@H]1C[C@H]3[C@H](N(C)C)C(O)=C(C(N)=O)C(=O)[C@@]3(O)C(O)=C1C2=O. The third kappa shape index (κ3) is 4.77. The first-order valence-electron chi connectivity index (χ1n) is 14.2. The van der Waals surface area contributed by atoms with Crippen molar-refractivity contribution in [1.82, 2.24) is 10.2 Å². The van der Waals surface area contributed by atoms with Crippen LogP contribution in [0, 0.1) is 11.8 Å². The quantitative estimate of drug-likeness (QED) is 0.195. The molecule has 0 heterocycles. The second-order valence-corrected chi connectivity index (χ2v) is 12.0. The van der Waals surface area contributed by atoms with Crippen molar-refractivity contribution >= 4 is 23.2 Å². The molecule has 5 rings (SSSR count). The normalized spacial score (nSPS) is 25.0. The van der Waals surface area contributed by atoms with Crippen LogP contribution >= 0.6 is 0 Å². The molecule has 0 unspecified atom stereocenters. The van der Waals surface area contributed by atoms with E-state index in [4.69, 9.17) is 5.73 Å². The number of carbonyl (C=O) groups is 3. The Labute approximate surface area is 249 Å². The number of primary amides is 1. The molecular weight excluding hydrogens is 552 g/mol. The molecule has 11 nitrogen and oxygen atoms in total. The van der Waals surface area contributed by atoms with Crippen molar-refractivity contribution in [3.05, 3.63) is 81.3 Å². The maximum Gasteiger partial charge on any atom is 0.255 e. The fourth-order valence-electron chi connectivity index (χ4n) is 6.99. The molecule has 228 valence electrons. The maximum atomic E-state index is 14.1. The van der Waals surface area contributed by atoms with Crippen LogP contribution in [0.4, 0.5) is 5.69 Å². The maximum absolute atomic E-state index is 14.1. The molecule has 1 amide bonds. The molecule has 0 saturated carbocycles. The summed E-state index contributed by atoms with van der Waals surface area (Å²) in [6, 6.07) is 10.8. The molecule has 4 atom stereocenters. The molecule has 3 aliphatic carbocycles. The topological polar surface area (TPSA) is 177 Å². The van der Waals surface area contributed by atoms with Crippen LogP contribution in [0.25, 0.3) is 0 Å². The number of benzene rings is 2. The van der Waals surface area contributed by atoms with Gasteiger partial charge in [0.2, 0.25) is 5.78 Å². The number of hydrogen-bond donors (Lipinski definition) is 6. The largest absolute Gasteiger partial charge is 0.510 e. The Morgan fingerprint density at radius 3 is 2.37 bits per heavy atom. The standard InChI is InChI=1S/C32H38N4O7/c1-35(2)21-14-18(15-34-11-10-16-8-6-5-7-9-16)26(37)23-19(21)12-17-13-20-25(36(3)4)28(39)24(31(33)42)30(41)32(20,43)29(40)22(17)27(23)38/h5-9,14,17,20,25,34,37,39-40,43H,10-13,15H2,1-4H3,(H2,33,42)/t17-,20-,25-,32-/m0/s1. The number of nitrogens with one attached hydrogen (secondary N) is 1. The van der Waals surface area contributed by atoms with Crippen LogP contribution in [-0.4, -0.2) is 89.2 Å². The molecule has 0 bridgehead atoms. The first kappa shape index (κ1) is 30.3. The summed E-state index contributed by atoms with van der Waals surface area (Å²) in [5.41, 5.74) is 4.72. The number of carbonyl (C=O) groups excluding carboxylic acids is 3. The summed E-state index contributed by atoms with van der Waals surface area (Å²) < 4.78 is 0. The molecular formula is C32H38N4O7. The van der Waals surface area contributed by atoms with Gasteiger partial charge in [0.25, 0.3) is 5.91 Å². The third-order valence-electron chi connectivity index (χ3n) is 9.01. The molecule has 3 aliphatic rings. The predicted molar refractivity (Wildman–Crippen MR) is 160 cm³/mol. The molecule has 11 heteroatoms. The highest BCUT2D eigenvalue weighted by Gasteiger charge is 2.63. The second kappa shape index (κ2) is 11.1. The minimum Gasteiger partial charge on any atom is -0.510 e. The van der Waals surface area contributed by atoms with Gasteiger partial charge in [-0.25, -0.2) is 0 Å². The average Bonchev–Trinajstić information content (AvgIpc) is 2.94. The molecule has 0 spiro atoms. The van der Waals surface area contributed by atoms with Gasteiger partial charge in [-0.15, -0.1) is 0 Å². The number of phenols is 1. The number of aliphatic hydroxyl groups is 3. The van der Waals surface area contributed by atoms with E-state index in [2.05, 4.69) is 5.32 Å². The average molecular weight is 591 g/mol. The Balaban J connectivity index is 1.56. The molecule has 7 N–H and O–H groups in total. The van der Waals surface area contributed by atoms with Gasteiger partial charge in [-0.1, -0.05) is 30.3 Å². The van der Waals surface area contributed by atoms with E-state index >= 15 is 0 Å². The minimum absolute atomic E-state index is 0.00633. The number of rotatable bonds is 8. The van der Waals surface area contributed by atoms with E-state index < -0.39 is 58.0 Å². The van der Waals surface area contributed by atoms with E-state index in [9.17, 15) is 34.8 Å². The van der Waals surface area contributed by atoms with Gasteiger partial charge in [0, 0.05) is 43.4 Å². The third-order valence-corrected chi connectivity index (χ3v) is 9.01. The number of nitrogens with two attached hydrogens (primary N) is 1. The Kier molecular flexibility index (Phi) is 7.84. The summed E-state index contributed by atoms with van der Waals surface area (Å²) in [7, 11) is 6.88. The number of ketones is 2. The Morgan fingerprint density at radius 2 is 1.77 bits per heavy atom. The summed E-state index contributed by atoms with van der Waals surface area (Å²) in [6.07, 6.45) is 1.05. The van der Waals surface area contributed by atoms with Gasteiger partial charge in [0.15, 0.2) is 11.4 Å². The van der Waals surface area contributed by atoms with Crippen LogP contribution in [0.2, 0.25) is 0 Å². The highest BCUT2D eigenvalue weighted by molar-refractivity contribution is 6.25. The summed E-state index contributed by atoms with van der Waals surface area (Å²) in [6.45, 7) is 0.904. The van der Waals surface area contributed by atoms with Gasteiger partial charge < -0.3 is 36.4 Å². The zero-order valence-electron chi connectivity index (χ0n) is 24.7. The Hall–Kier alpha value is -4.19. The van der Waals surface area contributed by atoms with Gasteiger partial charge in [0.1, 0.15) is 22.8 Å². The number of phenolic OH excluding ortho intramolecular Hbond substituents is 1. The minimum atomic E-state index is -2.67. The van der Waals surface area contributed by atoms with Crippen LogP contribution in [0.15, 0.2) is 59.1 Å². The highest BCUT2D eigenvalue weighted by Crippen LogP contribution is 2.53. The number of amides is 1. The fraction of sp³-hybridized carbons (Fsp3) is 0.406. The lowest BCUT2D eigenvalue weighted by molar-refractivity contribution is -0.148. The fourth-order valence-corrected chi connectivity index (χ4v) is 6.99. The van der Waals surface area contributed by atoms with Gasteiger partial charge in [-0.2, -0.15) is 0 Å². The molecule has 0 fully saturated rings. The monoisotopic (exact) mass is 590 g/mol. The first-order valence-corrected chi connectivity index (χ1v) is 14.2. The predicted octanol–water partition coefficient (Wildman–Crippen LogP) is 1.52. The van der Waals surface area contributed by atoms with E-state index in [1.54, 1.807) is 14.1 Å². The van der Waals surface area contributed by atoms with Crippen LogP contribution < -0.4 is 16.0 Å². The molecule has 0 aliphatic heterocycles. The zero-order chi connectivity index (χ0) is 31.4. The van der Waals surface area contributed by atoms with Crippen LogP contribution in [-0.2, 0) is 29.0 Å². The zero-order valence-corrected chi connectivity index (χ0v) is 24.7. The lowest BCUT2D eigenvalue weighted by atomic mass is 9.58. The molecule has 43 heavy (non-hydrogen) atoms.